The van der Waals surface area contributed by atoms with Crippen LogP contribution in [0.2, 0.25) is 0 Å². The van der Waals surface area contributed by atoms with E-state index in [0.29, 0.717) is 11.3 Å². The first-order valence-electron chi connectivity index (χ1n) is 7.67. The van der Waals surface area contributed by atoms with Crippen molar-refractivity contribution in [1.29, 1.82) is 0 Å². The van der Waals surface area contributed by atoms with Gasteiger partial charge in [0.2, 0.25) is 0 Å². The highest BCUT2D eigenvalue weighted by Crippen LogP contribution is 2.12. The Balaban J connectivity index is 1.56. The highest BCUT2D eigenvalue weighted by Gasteiger charge is 2.12. The average molecular weight is 351 g/mol. The van der Waals surface area contributed by atoms with Crippen molar-refractivity contribution in [3.05, 3.63) is 70.7 Å². The van der Waals surface area contributed by atoms with Crippen molar-refractivity contribution >= 4 is 17.2 Å². The summed E-state index contributed by atoms with van der Waals surface area (Å²) in [5.41, 5.74) is 0.977. The minimum absolute atomic E-state index is 0.0258. The summed E-state index contributed by atoms with van der Waals surface area (Å²) in [5, 5.41) is 21.5. The van der Waals surface area contributed by atoms with Crippen molar-refractivity contribution in [1.82, 2.24) is 24.1 Å². The van der Waals surface area contributed by atoms with Crippen LogP contribution >= 0.6 is 0 Å². The highest BCUT2D eigenvalue weighted by molar-refractivity contribution is 5.92. The summed E-state index contributed by atoms with van der Waals surface area (Å²) in [7, 11) is 0. The second-order valence-electron chi connectivity index (χ2n) is 5.66. The van der Waals surface area contributed by atoms with Crippen LogP contribution in [0, 0.1) is 0 Å². The van der Waals surface area contributed by atoms with E-state index >= 15 is 0 Å². The van der Waals surface area contributed by atoms with Gasteiger partial charge in [-0.2, -0.15) is 0 Å². The van der Waals surface area contributed by atoms with E-state index in [1.165, 1.54) is 30.6 Å². The lowest BCUT2D eigenvalue weighted by molar-refractivity contribution is 0.0945. The van der Waals surface area contributed by atoms with Gasteiger partial charge >= 0.3 is 0 Å². The molecule has 4 heterocycles. The predicted octanol–water partition coefficient (Wildman–Crippen LogP) is 0.683. The van der Waals surface area contributed by atoms with E-state index in [2.05, 4.69) is 15.3 Å². The minimum Gasteiger partial charge on any atom is -0.506 e. The topological polar surface area (TPSA) is 121 Å². The molecule has 3 N–H and O–H groups in total. The number of amides is 1. The van der Waals surface area contributed by atoms with Crippen molar-refractivity contribution in [2.24, 2.45) is 0 Å². The Hall–Kier alpha value is -3.88. The lowest BCUT2D eigenvalue weighted by Gasteiger charge is -2.05. The number of fused-ring (bicyclic) bond motifs is 2. The monoisotopic (exact) mass is 351 g/mol. The van der Waals surface area contributed by atoms with Gasteiger partial charge in [0.05, 0.1) is 24.6 Å². The summed E-state index contributed by atoms with van der Waals surface area (Å²) < 4.78 is 2.80. The van der Waals surface area contributed by atoms with E-state index in [1.807, 2.05) is 0 Å². The SMILES string of the molecule is O=C(NCc1cn2cc(O)ccc2n1)c1cc(=O)n2cc(O)ccc2n1. The number of carbonyl (C=O) groups excluding carboxylic acids is 1. The van der Waals surface area contributed by atoms with Gasteiger partial charge in [-0.05, 0) is 24.3 Å². The standard InChI is InChI=1S/C17H13N5O4/c23-11-1-3-14-19-10(7-21(14)8-11)6-18-17(26)13-5-16(25)22-9-12(24)2-4-15(22)20-13/h1-5,7-9,23-24H,6H2,(H,18,26). The number of nitrogens with zero attached hydrogens (tertiary/aromatic N) is 4. The average Bonchev–Trinajstić information content (AvgIpc) is 3.02. The molecule has 4 aromatic rings. The lowest BCUT2D eigenvalue weighted by atomic mass is 10.3. The molecular weight excluding hydrogens is 338 g/mol. The Labute approximate surface area is 145 Å². The Morgan fingerprint density at radius 1 is 1.00 bits per heavy atom. The third kappa shape index (κ3) is 2.81. The van der Waals surface area contributed by atoms with Gasteiger partial charge in [0.1, 0.15) is 28.5 Å². The molecule has 0 aromatic carbocycles. The molecule has 0 unspecified atom stereocenters. The summed E-state index contributed by atoms with van der Waals surface area (Å²) in [6.45, 7) is 0.137. The molecule has 4 rings (SSSR count). The molecule has 0 aliphatic rings. The van der Waals surface area contributed by atoms with E-state index in [4.69, 9.17) is 0 Å². The molecule has 0 saturated carbocycles. The molecule has 0 saturated heterocycles. The molecule has 0 fully saturated rings. The third-order valence-corrected chi connectivity index (χ3v) is 3.79. The molecule has 0 atom stereocenters. The smallest absolute Gasteiger partial charge is 0.270 e. The van der Waals surface area contributed by atoms with Crippen LogP contribution in [0.4, 0.5) is 0 Å². The van der Waals surface area contributed by atoms with Crippen molar-refractivity contribution in [2.75, 3.05) is 0 Å². The van der Waals surface area contributed by atoms with Crippen LogP contribution in [0.5, 0.6) is 11.5 Å². The fourth-order valence-corrected chi connectivity index (χ4v) is 2.59. The fourth-order valence-electron chi connectivity index (χ4n) is 2.59. The molecule has 9 heteroatoms. The van der Waals surface area contributed by atoms with Crippen molar-refractivity contribution in [3.63, 3.8) is 0 Å². The number of aromatic hydroxyl groups is 2. The summed E-state index contributed by atoms with van der Waals surface area (Å²) in [6.07, 6.45) is 4.42. The molecule has 0 aliphatic carbocycles. The molecular formula is C17H13N5O4. The molecule has 130 valence electrons. The number of rotatable bonds is 3. The quantitative estimate of drug-likeness (QED) is 0.499. The van der Waals surface area contributed by atoms with Gasteiger partial charge in [0, 0.05) is 12.3 Å². The molecule has 0 spiro atoms. The Morgan fingerprint density at radius 3 is 2.54 bits per heavy atom. The maximum absolute atomic E-state index is 12.3. The van der Waals surface area contributed by atoms with E-state index in [0.717, 1.165) is 10.5 Å². The van der Waals surface area contributed by atoms with Crippen LogP contribution < -0.4 is 10.9 Å². The van der Waals surface area contributed by atoms with Gasteiger partial charge in [-0.3, -0.25) is 14.0 Å². The van der Waals surface area contributed by atoms with Crippen LogP contribution in [-0.4, -0.2) is 34.9 Å². The molecule has 9 nitrogen and oxygen atoms in total. The zero-order chi connectivity index (χ0) is 18.3. The van der Waals surface area contributed by atoms with Crippen LogP contribution in [0.1, 0.15) is 16.2 Å². The van der Waals surface area contributed by atoms with Gasteiger partial charge < -0.3 is 19.9 Å². The van der Waals surface area contributed by atoms with E-state index in [9.17, 15) is 19.8 Å². The summed E-state index contributed by atoms with van der Waals surface area (Å²) >= 11 is 0. The number of imidazole rings is 1. The minimum atomic E-state index is -0.516. The number of pyridine rings is 2. The predicted molar refractivity (Wildman–Crippen MR) is 91.2 cm³/mol. The summed E-state index contributed by atoms with van der Waals surface area (Å²) in [6, 6.07) is 7.11. The first kappa shape index (κ1) is 15.6. The van der Waals surface area contributed by atoms with Gasteiger partial charge in [-0.15, -0.1) is 0 Å². The Bertz CT molecular complexity index is 1210. The lowest BCUT2D eigenvalue weighted by Crippen LogP contribution is -2.27. The van der Waals surface area contributed by atoms with E-state index in [-0.39, 0.29) is 29.4 Å². The molecule has 0 radical (unpaired) electrons. The maximum Gasteiger partial charge on any atom is 0.270 e. The molecule has 0 aliphatic heterocycles. The number of aromatic nitrogens is 4. The number of nitrogens with one attached hydrogen (secondary N) is 1. The largest absolute Gasteiger partial charge is 0.506 e. The van der Waals surface area contributed by atoms with Crippen molar-refractivity contribution in [3.8, 4) is 11.5 Å². The van der Waals surface area contributed by atoms with Gasteiger partial charge in [0.25, 0.3) is 11.5 Å². The van der Waals surface area contributed by atoms with Crippen LogP contribution in [0.3, 0.4) is 0 Å². The zero-order valence-electron chi connectivity index (χ0n) is 13.3. The Morgan fingerprint density at radius 2 is 1.73 bits per heavy atom. The number of hydrogen-bond donors (Lipinski definition) is 3. The van der Waals surface area contributed by atoms with Gasteiger partial charge in [0.15, 0.2) is 0 Å². The van der Waals surface area contributed by atoms with E-state index in [1.54, 1.807) is 16.7 Å². The second kappa shape index (κ2) is 5.88. The van der Waals surface area contributed by atoms with Crippen molar-refractivity contribution < 1.29 is 15.0 Å². The number of hydrogen-bond acceptors (Lipinski definition) is 6. The normalized spacial score (nSPS) is 11.1. The van der Waals surface area contributed by atoms with Gasteiger partial charge in [-0.25, -0.2) is 9.97 Å². The first-order valence-corrected chi connectivity index (χ1v) is 7.67. The molecule has 0 bridgehead atoms. The van der Waals surface area contributed by atoms with Crippen LogP contribution in [0.15, 0.2) is 53.7 Å². The van der Waals surface area contributed by atoms with E-state index < -0.39 is 11.5 Å². The first-order chi connectivity index (χ1) is 12.5. The number of carbonyl (C=O) groups is 1. The summed E-state index contributed by atoms with van der Waals surface area (Å²) in [5.74, 6) is -0.480. The van der Waals surface area contributed by atoms with Crippen LogP contribution in [0.25, 0.3) is 11.3 Å². The van der Waals surface area contributed by atoms with Crippen molar-refractivity contribution in [2.45, 2.75) is 6.54 Å². The van der Waals surface area contributed by atoms with Gasteiger partial charge in [-0.1, -0.05) is 0 Å². The summed E-state index contributed by atoms with van der Waals surface area (Å²) in [4.78, 5) is 32.8. The second-order valence-corrected chi connectivity index (χ2v) is 5.66. The van der Waals surface area contributed by atoms with Crippen LogP contribution in [-0.2, 0) is 6.54 Å². The highest BCUT2D eigenvalue weighted by atomic mass is 16.3. The maximum atomic E-state index is 12.3. The molecule has 1 amide bonds. The molecule has 26 heavy (non-hydrogen) atoms. The third-order valence-electron chi connectivity index (χ3n) is 3.79. The Kier molecular flexibility index (Phi) is 3.54. The zero-order valence-corrected chi connectivity index (χ0v) is 13.3. The molecule has 4 aromatic heterocycles. The fraction of sp³-hybridized carbons (Fsp3) is 0.0588.